The van der Waals surface area contributed by atoms with Crippen LogP contribution in [-0.4, -0.2) is 31.3 Å². The molecule has 0 aromatic rings. The molecule has 0 saturated heterocycles. The molecule has 0 aliphatic heterocycles. The molecule has 1 atom stereocenters. The minimum atomic E-state index is 0.268. The van der Waals surface area contributed by atoms with Crippen LogP contribution in [0.25, 0.3) is 0 Å². The van der Waals surface area contributed by atoms with Crippen LogP contribution in [0.15, 0.2) is 0 Å². The van der Waals surface area contributed by atoms with Crippen molar-refractivity contribution in [1.29, 1.82) is 0 Å². The molecule has 0 bridgehead atoms. The highest BCUT2D eigenvalue weighted by Gasteiger charge is 2.04. The lowest BCUT2D eigenvalue weighted by atomic mass is 10.0. The van der Waals surface area contributed by atoms with Crippen molar-refractivity contribution in [2.45, 2.75) is 26.7 Å². The summed E-state index contributed by atoms with van der Waals surface area (Å²) < 4.78 is 0. The average Bonchev–Trinajstić information content (AvgIpc) is 2.06. The summed E-state index contributed by atoms with van der Waals surface area (Å²) >= 11 is 0. The van der Waals surface area contributed by atoms with Gasteiger partial charge in [0, 0.05) is 5.92 Å². The Bertz CT molecular complexity index is 104. The molecule has 0 spiro atoms. The van der Waals surface area contributed by atoms with Gasteiger partial charge in [0.1, 0.15) is 6.29 Å². The van der Waals surface area contributed by atoms with Gasteiger partial charge in [-0.3, -0.25) is 0 Å². The van der Waals surface area contributed by atoms with Crippen LogP contribution >= 0.6 is 0 Å². The first-order chi connectivity index (χ1) is 5.24. The molecular weight excluding hydrogens is 138 g/mol. The van der Waals surface area contributed by atoms with Crippen molar-refractivity contribution in [2.24, 2.45) is 5.92 Å². The second-order valence-corrected chi connectivity index (χ2v) is 2.99. The predicted octanol–water partition coefficient (Wildman–Crippen LogP) is 1.55. The third-order valence-corrected chi connectivity index (χ3v) is 2.14. The normalized spacial score (nSPS) is 13.5. The Morgan fingerprint density at radius 1 is 1.45 bits per heavy atom. The fraction of sp³-hybridized carbons (Fsp3) is 0.889. The number of rotatable bonds is 6. The summed E-state index contributed by atoms with van der Waals surface area (Å²) in [5.41, 5.74) is 0. The SMILES string of the molecule is CC[C@H](C=O)CCN(C)CC. The maximum Gasteiger partial charge on any atom is 0.123 e. The highest BCUT2D eigenvalue weighted by atomic mass is 16.1. The average molecular weight is 157 g/mol. The Balaban J connectivity index is 3.41. The number of hydrogen-bond donors (Lipinski definition) is 0. The summed E-state index contributed by atoms with van der Waals surface area (Å²) in [7, 11) is 2.08. The monoisotopic (exact) mass is 157 g/mol. The summed E-state index contributed by atoms with van der Waals surface area (Å²) in [6.07, 6.45) is 3.05. The molecule has 2 heteroatoms. The smallest absolute Gasteiger partial charge is 0.123 e. The molecule has 0 heterocycles. The van der Waals surface area contributed by atoms with Crippen LogP contribution in [0.5, 0.6) is 0 Å². The highest BCUT2D eigenvalue weighted by Crippen LogP contribution is 2.04. The third kappa shape index (κ3) is 4.96. The molecule has 66 valence electrons. The van der Waals surface area contributed by atoms with E-state index in [0.717, 1.165) is 32.2 Å². The van der Waals surface area contributed by atoms with E-state index >= 15 is 0 Å². The minimum absolute atomic E-state index is 0.268. The van der Waals surface area contributed by atoms with E-state index in [4.69, 9.17) is 0 Å². The van der Waals surface area contributed by atoms with E-state index in [1.165, 1.54) is 0 Å². The zero-order chi connectivity index (χ0) is 8.69. The fourth-order valence-electron chi connectivity index (χ4n) is 0.913. The van der Waals surface area contributed by atoms with Crippen LogP contribution in [0.1, 0.15) is 26.7 Å². The van der Waals surface area contributed by atoms with Crippen molar-refractivity contribution in [3.8, 4) is 0 Å². The van der Waals surface area contributed by atoms with Crippen molar-refractivity contribution in [2.75, 3.05) is 20.1 Å². The van der Waals surface area contributed by atoms with Crippen LogP contribution in [0.4, 0.5) is 0 Å². The van der Waals surface area contributed by atoms with Crippen molar-refractivity contribution in [3.05, 3.63) is 0 Å². The second-order valence-electron chi connectivity index (χ2n) is 2.99. The lowest BCUT2D eigenvalue weighted by molar-refractivity contribution is -0.111. The molecule has 0 N–H and O–H groups in total. The van der Waals surface area contributed by atoms with Gasteiger partial charge in [0.05, 0.1) is 0 Å². The maximum absolute atomic E-state index is 10.4. The van der Waals surface area contributed by atoms with Crippen LogP contribution in [0.2, 0.25) is 0 Å². The molecule has 0 aromatic heterocycles. The first kappa shape index (κ1) is 10.6. The van der Waals surface area contributed by atoms with E-state index in [-0.39, 0.29) is 5.92 Å². The first-order valence-corrected chi connectivity index (χ1v) is 4.38. The van der Waals surface area contributed by atoms with Gasteiger partial charge in [-0.2, -0.15) is 0 Å². The van der Waals surface area contributed by atoms with Gasteiger partial charge in [0.15, 0.2) is 0 Å². The maximum atomic E-state index is 10.4. The highest BCUT2D eigenvalue weighted by molar-refractivity contribution is 5.53. The number of carbonyl (C=O) groups is 1. The Morgan fingerprint density at radius 2 is 2.09 bits per heavy atom. The molecule has 2 nitrogen and oxygen atoms in total. The van der Waals surface area contributed by atoms with E-state index in [1.807, 2.05) is 0 Å². The molecule has 0 fully saturated rings. The Labute approximate surface area is 69.6 Å². The van der Waals surface area contributed by atoms with Gasteiger partial charge >= 0.3 is 0 Å². The van der Waals surface area contributed by atoms with E-state index in [0.29, 0.717) is 0 Å². The zero-order valence-corrected chi connectivity index (χ0v) is 7.84. The molecule has 0 aliphatic carbocycles. The summed E-state index contributed by atoms with van der Waals surface area (Å²) in [5.74, 6) is 0.268. The van der Waals surface area contributed by atoms with Gasteiger partial charge in [0.2, 0.25) is 0 Å². The predicted molar refractivity (Wildman–Crippen MR) is 47.6 cm³/mol. The molecule has 0 unspecified atom stereocenters. The second kappa shape index (κ2) is 6.35. The van der Waals surface area contributed by atoms with Gasteiger partial charge in [-0.05, 0) is 33.0 Å². The number of aldehydes is 1. The Morgan fingerprint density at radius 3 is 2.45 bits per heavy atom. The van der Waals surface area contributed by atoms with Gasteiger partial charge in [0.25, 0.3) is 0 Å². The summed E-state index contributed by atoms with van der Waals surface area (Å²) in [4.78, 5) is 12.6. The molecule has 0 rings (SSSR count). The molecular formula is C9H19NO. The van der Waals surface area contributed by atoms with Crippen molar-refractivity contribution in [3.63, 3.8) is 0 Å². The van der Waals surface area contributed by atoms with Crippen LogP contribution in [0, 0.1) is 5.92 Å². The van der Waals surface area contributed by atoms with Gasteiger partial charge < -0.3 is 9.69 Å². The quantitative estimate of drug-likeness (QED) is 0.545. The lowest BCUT2D eigenvalue weighted by Gasteiger charge is -2.15. The molecule has 0 saturated carbocycles. The third-order valence-electron chi connectivity index (χ3n) is 2.14. The fourth-order valence-corrected chi connectivity index (χ4v) is 0.913. The number of carbonyl (C=O) groups excluding carboxylic acids is 1. The van der Waals surface area contributed by atoms with E-state index < -0.39 is 0 Å². The van der Waals surface area contributed by atoms with Gasteiger partial charge in [-0.15, -0.1) is 0 Å². The van der Waals surface area contributed by atoms with Crippen molar-refractivity contribution >= 4 is 6.29 Å². The summed E-state index contributed by atoms with van der Waals surface area (Å²) in [6.45, 7) is 6.29. The molecule has 0 amide bonds. The van der Waals surface area contributed by atoms with Crippen molar-refractivity contribution < 1.29 is 4.79 Å². The van der Waals surface area contributed by atoms with Gasteiger partial charge in [-0.25, -0.2) is 0 Å². The standard InChI is InChI=1S/C9H19NO/c1-4-9(8-11)6-7-10(3)5-2/h8-9H,4-7H2,1-3H3/t9-/m0/s1. The van der Waals surface area contributed by atoms with E-state index in [1.54, 1.807) is 0 Å². The lowest BCUT2D eigenvalue weighted by Crippen LogP contribution is -2.21. The molecule has 11 heavy (non-hydrogen) atoms. The molecule has 0 aliphatic rings. The van der Waals surface area contributed by atoms with Gasteiger partial charge in [-0.1, -0.05) is 13.8 Å². The molecule has 0 aromatic carbocycles. The van der Waals surface area contributed by atoms with Crippen LogP contribution in [-0.2, 0) is 4.79 Å². The number of hydrogen-bond acceptors (Lipinski definition) is 2. The zero-order valence-electron chi connectivity index (χ0n) is 7.84. The van der Waals surface area contributed by atoms with Crippen LogP contribution in [0.3, 0.4) is 0 Å². The Hall–Kier alpha value is -0.370. The largest absolute Gasteiger partial charge is 0.307 e. The number of nitrogens with zero attached hydrogens (tertiary/aromatic N) is 1. The summed E-state index contributed by atoms with van der Waals surface area (Å²) in [5, 5.41) is 0. The topological polar surface area (TPSA) is 20.3 Å². The minimum Gasteiger partial charge on any atom is -0.307 e. The first-order valence-electron chi connectivity index (χ1n) is 4.38. The van der Waals surface area contributed by atoms with Crippen molar-refractivity contribution in [1.82, 2.24) is 4.90 Å². The van der Waals surface area contributed by atoms with E-state index in [2.05, 4.69) is 25.8 Å². The van der Waals surface area contributed by atoms with E-state index in [9.17, 15) is 4.79 Å². The Kier molecular flexibility index (Phi) is 6.13. The summed E-state index contributed by atoms with van der Waals surface area (Å²) in [6, 6.07) is 0. The molecule has 0 radical (unpaired) electrons. The van der Waals surface area contributed by atoms with Crippen LogP contribution < -0.4 is 0 Å².